The molecule has 0 aliphatic carbocycles. The molecule has 0 saturated carbocycles. The molecule has 9 rings (SSSR count). The lowest BCUT2D eigenvalue weighted by atomic mass is 10.2. The predicted octanol–water partition coefficient (Wildman–Crippen LogP) is 12.6. The van der Waals surface area contributed by atoms with Crippen LogP contribution in [0.1, 0.15) is 33.4 Å². The van der Waals surface area contributed by atoms with Gasteiger partial charge >= 0.3 is 0 Å². The van der Waals surface area contributed by atoms with Crippen LogP contribution in [0, 0.1) is 41.5 Å². The van der Waals surface area contributed by atoms with Crippen molar-refractivity contribution in [2.24, 2.45) is 0 Å². The number of para-hydroxylation sites is 3. The third-order valence-electron chi connectivity index (χ3n) is 12.4. The van der Waals surface area contributed by atoms with Crippen LogP contribution in [0.5, 0.6) is 17.2 Å². The molecule has 4 nitrogen and oxygen atoms in total. The van der Waals surface area contributed by atoms with Gasteiger partial charge in [0.25, 0.3) is 0 Å². The maximum atomic E-state index is 16.1. The molecule has 356 valence electrons. The number of ether oxygens (including phenoxy) is 3. The lowest BCUT2D eigenvalue weighted by Crippen LogP contribution is -2.25. The minimum Gasteiger partial charge on any atom is -0.485 e. The largest absolute Gasteiger partial charge is 0.485 e. The first-order chi connectivity index (χ1) is 34.5. The normalized spacial score (nSPS) is 11.6. The van der Waals surface area contributed by atoms with E-state index in [0.717, 1.165) is 15.9 Å². The van der Waals surface area contributed by atoms with Gasteiger partial charge in [-0.1, -0.05) is 234 Å². The standard InChI is InChI=1S/C63H60O4P4/c1-46-19-31-52(32-20-46)68(53-33-21-47(2)22-34-53)61-16-10-7-13-58(61)65-43-71(64,44-66-59-14-8-11-17-62(59)69(54-35-23-48(3)24-36-54)55-37-25-49(4)26-38-55)45-67-60-15-9-12-18-63(60)70(56-39-27-50(5)28-40-56)57-41-29-51(6)30-42-57/h7-42H,43-45H2,1-6H3. The fourth-order valence-corrected chi connectivity index (χ4v) is 16.8. The maximum Gasteiger partial charge on any atom is 0.194 e. The van der Waals surface area contributed by atoms with E-state index >= 15 is 4.57 Å². The molecule has 0 unspecified atom stereocenters. The summed E-state index contributed by atoms with van der Waals surface area (Å²) in [4.78, 5) is 0. The quantitative estimate of drug-likeness (QED) is 0.0804. The predicted molar refractivity (Wildman–Crippen MR) is 308 cm³/mol. The van der Waals surface area contributed by atoms with E-state index in [0.29, 0.717) is 17.2 Å². The highest BCUT2D eigenvalue weighted by atomic mass is 31.2. The van der Waals surface area contributed by atoms with Gasteiger partial charge in [0.05, 0.1) is 0 Å². The highest BCUT2D eigenvalue weighted by molar-refractivity contribution is 7.80. The van der Waals surface area contributed by atoms with Crippen LogP contribution in [0.4, 0.5) is 0 Å². The summed E-state index contributed by atoms with van der Waals surface area (Å²) in [6.45, 7) is 12.7. The molecular formula is C63H60O4P4. The molecule has 0 fully saturated rings. The molecule has 0 spiro atoms. The molecule has 0 saturated heterocycles. The number of aryl methyl sites for hydroxylation is 6. The van der Waals surface area contributed by atoms with Gasteiger partial charge in [0.1, 0.15) is 36.3 Å². The fourth-order valence-electron chi connectivity index (χ4n) is 8.41. The Balaban J connectivity index is 1.09. The molecule has 0 aliphatic heterocycles. The zero-order valence-electron chi connectivity index (χ0n) is 41.3. The Bertz CT molecular complexity index is 2740. The zero-order valence-corrected chi connectivity index (χ0v) is 44.9. The van der Waals surface area contributed by atoms with Crippen molar-refractivity contribution in [3.63, 3.8) is 0 Å². The third-order valence-corrected chi connectivity index (χ3v) is 21.7. The minimum absolute atomic E-state index is 0.0886. The van der Waals surface area contributed by atoms with E-state index in [2.05, 4.69) is 224 Å². The summed E-state index contributed by atoms with van der Waals surface area (Å²) in [5.74, 6) is 2.10. The summed E-state index contributed by atoms with van der Waals surface area (Å²) in [5, 5.41) is 10.5. The second-order valence-electron chi connectivity index (χ2n) is 18.3. The van der Waals surface area contributed by atoms with Crippen molar-refractivity contribution in [2.75, 3.05) is 19.0 Å². The molecule has 0 heterocycles. The Hall–Kier alpha value is -6.10. The molecule has 0 aliphatic rings. The van der Waals surface area contributed by atoms with Crippen molar-refractivity contribution in [2.45, 2.75) is 41.5 Å². The van der Waals surface area contributed by atoms with Crippen LogP contribution < -0.4 is 62.0 Å². The monoisotopic (exact) mass is 1000 g/mol. The summed E-state index contributed by atoms with van der Waals surface area (Å²) < 4.78 is 36.8. The van der Waals surface area contributed by atoms with Crippen molar-refractivity contribution >= 4 is 78.6 Å². The van der Waals surface area contributed by atoms with E-state index in [9.17, 15) is 0 Å². The van der Waals surface area contributed by atoms with Crippen molar-refractivity contribution < 1.29 is 18.8 Å². The molecule has 9 aromatic rings. The number of hydrogen-bond acceptors (Lipinski definition) is 4. The molecule has 0 amide bonds. The molecule has 71 heavy (non-hydrogen) atoms. The number of benzene rings is 9. The minimum atomic E-state index is -3.48. The second-order valence-corrected chi connectivity index (χ2v) is 27.7. The van der Waals surface area contributed by atoms with E-state index in [1.165, 1.54) is 65.2 Å². The average molecular weight is 1010 g/mol. The highest BCUT2D eigenvalue weighted by Gasteiger charge is 2.31. The molecule has 0 aromatic heterocycles. The Morgan fingerprint density at radius 1 is 0.282 bits per heavy atom. The van der Waals surface area contributed by atoms with Gasteiger partial charge in [-0.2, -0.15) is 0 Å². The van der Waals surface area contributed by atoms with Crippen LogP contribution in [-0.4, -0.2) is 19.0 Å². The van der Waals surface area contributed by atoms with Gasteiger partial charge in [-0.25, -0.2) is 0 Å². The first-order valence-corrected chi connectivity index (χ1v) is 30.3. The van der Waals surface area contributed by atoms with E-state index in [-0.39, 0.29) is 19.0 Å². The van der Waals surface area contributed by atoms with Crippen molar-refractivity contribution in [1.29, 1.82) is 0 Å². The zero-order chi connectivity index (χ0) is 49.3. The second kappa shape index (κ2) is 23.0. The molecule has 0 atom stereocenters. The molecular weight excluding hydrogens is 945 g/mol. The van der Waals surface area contributed by atoms with Gasteiger partial charge < -0.3 is 18.8 Å². The molecule has 9 aromatic carbocycles. The lowest BCUT2D eigenvalue weighted by Gasteiger charge is -2.27. The van der Waals surface area contributed by atoms with Gasteiger partial charge in [-0.3, -0.25) is 0 Å². The topological polar surface area (TPSA) is 44.8 Å². The van der Waals surface area contributed by atoms with Crippen molar-refractivity contribution in [1.82, 2.24) is 0 Å². The number of hydrogen-bond donors (Lipinski definition) is 0. The van der Waals surface area contributed by atoms with Gasteiger partial charge in [-0.15, -0.1) is 0 Å². The lowest BCUT2D eigenvalue weighted by molar-refractivity contribution is 0.321. The van der Waals surface area contributed by atoms with Gasteiger partial charge in [0.2, 0.25) is 0 Å². The van der Waals surface area contributed by atoms with Crippen LogP contribution >= 0.6 is 30.9 Å². The van der Waals surface area contributed by atoms with Crippen LogP contribution in [0.15, 0.2) is 218 Å². The Labute approximate surface area is 424 Å². The molecule has 8 heteroatoms. The van der Waals surface area contributed by atoms with E-state index in [4.69, 9.17) is 14.2 Å². The van der Waals surface area contributed by atoms with Gasteiger partial charge in [0, 0.05) is 15.9 Å². The smallest absolute Gasteiger partial charge is 0.194 e. The Morgan fingerprint density at radius 3 is 0.662 bits per heavy atom. The van der Waals surface area contributed by atoms with Gasteiger partial charge in [0.15, 0.2) is 7.14 Å². The summed E-state index contributed by atoms with van der Waals surface area (Å²) in [7, 11) is -6.54. The van der Waals surface area contributed by atoms with E-state index in [1.807, 2.05) is 36.4 Å². The van der Waals surface area contributed by atoms with Crippen LogP contribution in [0.25, 0.3) is 0 Å². The summed E-state index contributed by atoms with van der Waals surface area (Å²) in [6.07, 6.45) is -0.266. The van der Waals surface area contributed by atoms with Crippen LogP contribution in [0.2, 0.25) is 0 Å². The molecule has 0 radical (unpaired) electrons. The summed E-state index contributed by atoms with van der Waals surface area (Å²) in [6, 6.07) is 77.5. The summed E-state index contributed by atoms with van der Waals surface area (Å²) >= 11 is 0. The van der Waals surface area contributed by atoms with Crippen LogP contribution in [0.3, 0.4) is 0 Å². The molecule has 0 N–H and O–H groups in total. The van der Waals surface area contributed by atoms with Crippen LogP contribution in [-0.2, 0) is 4.57 Å². The third kappa shape index (κ3) is 12.3. The SMILES string of the molecule is Cc1ccc(P(c2ccc(C)cc2)c2ccccc2OCP(=O)(COc2ccccc2P(c2ccc(C)cc2)c2ccc(C)cc2)COc2ccccc2P(c2ccc(C)cc2)c2ccc(C)cc2)cc1. The first kappa shape index (κ1) is 49.9. The number of rotatable bonds is 18. The Morgan fingerprint density at radius 2 is 0.465 bits per heavy atom. The van der Waals surface area contributed by atoms with Crippen molar-refractivity contribution in [3.05, 3.63) is 252 Å². The maximum absolute atomic E-state index is 16.1. The Kier molecular flexibility index (Phi) is 16.1. The van der Waals surface area contributed by atoms with Gasteiger partial charge in [-0.05, 0) is 115 Å². The van der Waals surface area contributed by atoms with E-state index < -0.39 is 30.9 Å². The fraction of sp³-hybridized carbons (Fsp3) is 0.143. The highest BCUT2D eigenvalue weighted by Crippen LogP contribution is 2.48. The summed E-state index contributed by atoms with van der Waals surface area (Å²) in [5.41, 5.74) is 7.23. The molecule has 0 bridgehead atoms. The van der Waals surface area contributed by atoms with E-state index in [1.54, 1.807) is 0 Å². The van der Waals surface area contributed by atoms with Crippen molar-refractivity contribution in [3.8, 4) is 17.2 Å². The average Bonchev–Trinajstić information content (AvgIpc) is 3.39. The first-order valence-electron chi connectivity index (χ1n) is 24.0.